The standard InChI is InChI=1S/C16H16F3N7/c1-21-14-10(16(17,18)19)6-22-15(24-14)23-11-7-26(12-4-9(12)5-20)25-13(11)8-2-3-8/h6-9,12H,2-4H2,1H3,(H2,21,22,23,24)/t9?,12-/m0/s1. The molecule has 2 fully saturated rings. The molecule has 2 atom stereocenters. The molecule has 4 rings (SSSR count). The summed E-state index contributed by atoms with van der Waals surface area (Å²) < 4.78 is 40.7. The first-order valence-electron chi connectivity index (χ1n) is 8.28. The van der Waals surface area contributed by atoms with Crippen molar-refractivity contribution in [3.05, 3.63) is 23.7 Å². The van der Waals surface area contributed by atoms with Crippen molar-refractivity contribution in [1.29, 1.82) is 5.26 Å². The van der Waals surface area contributed by atoms with Crippen molar-refractivity contribution < 1.29 is 13.2 Å². The van der Waals surface area contributed by atoms with Gasteiger partial charge in [0.25, 0.3) is 0 Å². The molecule has 2 aromatic rings. The third-order valence-corrected chi connectivity index (χ3v) is 4.56. The number of aromatic nitrogens is 4. The second kappa shape index (κ2) is 5.86. The van der Waals surface area contributed by atoms with Crippen LogP contribution in [0.25, 0.3) is 0 Å². The fraction of sp³-hybridized carbons (Fsp3) is 0.500. The van der Waals surface area contributed by atoms with E-state index in [1.54, 1.807) is 10.9 Å². The van der Waals surface area contributed by atoms with Crippen LogP contribution >= 0.6 is 0 Å². The number of anilines is 3. The Morgan fingerprint density at radius 3 is 2.69 bits per heavy atom. The van der Waals surface area contributed by atoms with Gasteiger partial charge in [-0.3, -0.25) is 4.68 Å². The van der Waals surface area contributed by atoms with Gasteiger partial charge < -0.3 is 10.6 Å². The molecule has 0 saturated heterocycles. The number of rotatable bonds is 5. The first kappa shape index (κ1) is 16.6. The maximum absolute atomic E-state index is 13.0. The molecular formula is C16H16F3N7. The Kier molecular flexibility index (Phi) is 3.75. The average molecular weight is 363 g/mol. The van der Waals surface area contributed by atoms with Crippen LogP contribution in [0.2, 0.25) is 0 Å². The van der Waals surface area contributed by atoms with Gasteiger partial charge in [-0.15, -0.1) is 0 Å². The van der Waals surface area contributed by atoms with Crippen LogP contribution in [0.5, 0.6) is 0 Å². The van der Waals surface area contributed by atoms with Gasteiger partial charge in [0.05, 0.1) is 29.4 Å². The van der Waals surface area contributed by atoms with Crippen LogP contribution < -0.4 is 10.6 Å². The molecule has 2 aliphatic carbocycles. The van der Waals surface area contributed by atoms with Crippen LogP contribution in [0.1, 0.15) is 42.5 Å². The topological polar surface area (TPSA) is 91.5 Å². The van der Waals surface area contributed by atoms with E-state index in [0.717, 1.165) is 31.2 Å². The molecule has 2 heterocycles. The summed E-state index contributed by atoms with van der Waals surface area (Å²) in [5.74, 6) is 0.0720. The van der Waals surface area contributed by atoms with Crippen LogP contribution in [0.4, 0.5) is 30.6 Å². The molecule has 0 aliphatic heterocycles. The molecule has 136 valence electrons. The number of alkyl halides is 3. The van der Waals surface area contributed by atoms with Gasteiger partial charge in [0.15, 0.2) is 0 Å². The van der Waals surface area contributed by atoms with Crippen molar-refractivity contribution in [3.63, 3.8) is 0 Å². The highest BCUT2D eigenvalue weighted by molar-refractivity contribution is 5.59. The monoisotopic (exact) mass is 363 g/mol. The van der Waals surface area contributed by atoms with Gasteiger partial charge in [-0.05, 0) is 19.3 Å². The molecule has 2 aliphatic rings. The fourth-order valence-electron chi connectivity index (χ4n) is 2.90. The molecule has 2 aromatic heterocycles. The largest absolute Gasteiger partial charge is 0.421 e. The van der Waals surface area contributed by atoms with Crippen LogP contribution in [-0.2, 0) is 6.18 Å². The number of nitriles is 1. The molecule has 1 unspecified atom stereocenters. The van der Waals surface area contributed by atoms with Gasteiger partial charge in [-0.1, -0.05) is 0 Å². The van der Waals surface area contributed by atoms with Gasteiger partial charge in [-0.2, -0.15) is 28.5 Å². The molecule has 10 heteroatoms. The maximum Gasteiger partial charge on any atom is 0.421 e. The van der Waals surface area contributed by atoms with E-state index in [2.05, 4.69) is 31.8 Å². The normalized spacial score (nSPS) is 22.0. The summed E-state index contributed by atoms with van der Waals surface area (Å²) >= 11 is 0. The predicted octanol–water partition coefficient (Wildman–Crippen LogP) is 3.44. The van der Waals surface area contributed by atoms with Crippen molar-refractivity contribution in [3.8, 4) is 6.07 Å². The lowest BCUT2D eigenvalue weighted by Crippen LogP contribution is -2.12. The van der Waals surface area contributed by atoms with Crippen LogP contribution in [0, 0.1) is 17.2 Å². The fourth-order valence-corrected chi connectivity index (χ4v) is 2.90. The average Bonchev–Trinajstić information content (AvgIpc) is 3.52. The minimum Gasteiger partial charge on any atom is -0.372 e. The summed E-state index contributed by atoms with van der Waals surface area (Å²) in [4.78, 5) is 7.73. The Morgan fingerprint density at radius 2 is 2.12 bits per heavy atom. The van der Waals surface area contributed by atoms with E-state index < -0.39 is 11.7 Å². The minimum absolute atomic E-state index is 0.0342. The smallest absolute Gasteiger partial charge is 0.372 e. The number of hydrogen-bond donors (Lipinski definition) is 2. The van der Waals surface area contributed by atoms with Crippen LogP contribution in [-0.4, -0.2) is 26.8 Å². The lowest BCUT2D eigenvalue weighted by atomic mass is 10.2. The van der Waals surface area contributed by atoms with E-state index in [9.17, 15) is 13.2 Å². The molecule has 0 bridgehead atoms. The summed E-state index contributed by atoms with van der Waals surface area (Å²) in [6.07, 6.45) is 0.827. The molecule has 2 N–H and O–H groups in total. The van der Waals surface area contributed by atoms with Crippen molar-refractivity contribution in [2.45, 2.75) is 37.4 Å². The van der Waals surface area contributed by atoms with Gasteiger partial charge in [0, 0.05) is 25.4 Å². The Labute approximate surface area is 147 Å². The second-order valence-corrected chi connectivity index (χ2v) is 6.55. The molecule has 7 nitrogen and oxygen atoms in total. The molecule has 0 amide bonds. The summed E-state index contributed by atoms with van der Waals surface area (Å²) in [6.45, 7) is 0. The lowest BCUT2D eigenvalue weighted by Gasteiger charge is -2.12. The van der Waals surface area contributed by atoms with E-state index in [4.69, 9.17) is 5.26 Å². The molecule has 0 spiro atoms. The minimum atomic E-state index is -4.53. The SMILES string of the molecule is CNc1nc(Nc2cn([C@H]3CC3C#N)nc2C2CC2)ncc1C(F)(F)F. The Balaban J connectivity index is 1.62. The number of nitrogens with zero attached hydrogens (tertiary/aromatic N) is 5. The van der Waals surface area contributed by atoms with Gasteiger partial charge in [0.1, 0.15) is 11.4 Å². The summed E-state index contributed by atoms with van der Waals surface area (Å²) in [7, 11) is 1.38. The van der Waals surface area contributed by atoms with E-state index in [1.807, 2.05) is 0 Å². The lowest BCUT2D eigenvalue weighted by molar-refractivity contribution is -0.137. The highest BCUT2D eigenvalue weighted by atomic mass is 19.4. The maximum atomic E-state index is 13.0. The molecular weight excluding hydrogens is 347 g/mol. The Morgan fingerprint density at radius 1 is 1.35 bits per heavy atom. The molecule has 0 radical (unpaired) electrons. The predicted molar refractivity (Wildman–Crippen MR) is 86.8 cm³/mol. The second-order valence-electron chi connectivity index (χ2n) is 6.55. The van der Waals surface area contributed by atoms with Crippen LogP contribution in [0.15, 0.2) is 12.4 Å². The van der Waals surface area contributed by atoms with Crippen LogP contribution in [0.3, 0.4) is 0 Å². The number of nitrogens with one attached hydrogen (secondary N) is 2. The van der Waals surface area contributed by atoms with Gasteiger partial charge >= 0.3 is 6.18 Å². The van der Waals surface area contributed by atoms with Crippen molar-refractivity contribution in [1.82, 2.24) is 19.7 Å². The molecule has 2 saturated carbocycles. The summed E-state index contributed by atoms with van der Waals surface area (Å²) in [5.41, 5.74) is 0.611. The van der Waals surface area contributed by atoms with E-state index in [-0.39, 0.29) is 23.7 Å². The first-order valence-corrected chi connectivity index (χ1v) is 8.28. The number of halogens is 3. The highest BCUT2D eigenvalue weighted by Crippen LogP contribution is 2.47. The first-order chi connectivity index (χ1) is 12.4. The third kappa shape index (κ3) is 3.05. The van der Waals surface area contributed by atoms with Gasteiger partial charge in [-0.25, -0.2) is 4.98 Å². The van der Waals surface area contributed by atoms with Crippen molar-refractivity contribution >= 4 is 17.5 Å². The Hall–Kier alpha value is -2.83. The Bertz CT molecular complexity index is 879. The molecule has 0 aromatic carbocycles. The zero-order valence-corrected chi connectivity index (χ0v) is 13.9. The van der Waals surface area contributed by atoms with E-state index in [1.165, 1.54) is 7.05 Å². The molecule has 26 heavy (non-hydrogen) atoms. The zero-order chi connectivity index (χ0) is 18.5. The zero-order valence-electron chi connectivity index (χ0n) is 13.9. The third-order valence-electron chi connectivity index (χ3n) is 4.56. The van der Waals surface area contributed by atoms with E-state index in [0.29, 0.717) is 11.6 Å². The summed E-state index contributed by atoms with van der Waals surface area (Å²) in [6, 6.07) is 2.29. The van der Waals surface area contributed by atoms with E-state index >= 15 is 0 Å². The number of hydrogen-bond acceptors (Lipinski definition) is 6. The quantitative estimate of drug-likeness (QED) is 0.846. The summed E-state index contributed by atoms with van der Waals surface area (Å²) in [5, 5.41) is 19.0. The van der Waals surface area contributed by atoms with Crippen molar-refractivity contribution in [2.24, 2.45) is 5.92 Å². The van der Waals surface area contributed by atoms with Crippen molar-refractivity contribution in [2.75, 3.05) is 17.7 Å². The van der Waals surface area contributed by atoms with Gasteiger partial charge in [0.2, 0.25) is 5.95 Å². The highest BCUT2D eigenvalue weighted by Gasteiger charge is 2.41.